The quantitative estimate of drug-likeness (QED) is 0.480. The summed E-state index contributed by atoms with van der Waals surface area (Å²) in [6.07, 6.45) is 3.35. The first-order chi connectivity index (χ1) is 12.1. The summed E-state index contributed by atoms with van der Waals surface area (Å²) in [5.74, 6) is -0.152. The minimum atomic E-state index is -0.152. The smallest absolute Gasteiger partial charge is 0.279 e. The van der Waals surface area contributed by atoms with Gasteiger partial charge in [-0.15, -0.1) is 11.7 Å². The summed E-state index contributed by atoms with van der Waals surface area (Å²) in [6, 6.07) is 15.5. The van der Waals surface area contributed by atoms with E-state index in [0.717, 1.165) is 22.5 Å². The van der Waals surface area contributed by atoms with Gasteiger partial charge in [0.25, 0.3) is 5.91 Å². The number of para-hydroxylation sites is 1. The van der Waals surface area contributed by atoms with Crippen molar-refractivity contribution in [2.75, 3.05) is 30.4 Å². The Morgan fingerprint density at radius 1 is 1.12 bits per heavy atom. The zero-order valence-corrected chi connectivity index (χ0v) is 14.4. The average molecular weight is 332 g/mol. The van der Waals surface area contributed by atoms with E-state index in [1.807, 2.05) is 67.5 Å². The van der Waals surface area contributed by atoms with Crippen LogP contribution in [0.2, 0.25) is 0 Å². The average Bonchev–Trinajstić information content (AvgIpc) is 2.88. The fourth-order valence-corrected chi connectivity index (χ4v) is 2.68. The van der Waals surface area contributed by atoms with E-state index in [1.165, 1.54) is 0 Å². The molecule has 1 aliphatic rings. The first-order valence-corrected chi connectivity index (χ1v) is 8.02. The number of amides is 1. The summed E-state index contributed by atoms with van der Waals surface area (Å²) in [4.78, 5) is 16.3. The van der Waals surface area contributed by atoms with Crippen LogP contribution in [-0.4, -0.2) is 38.5 Å². The van der Waals surface area contributed by atoms with Crippen molar-refractivity contribution in [1.29, 1.82) is 0 Å². The van der Waals surface area contributed by atoms with Crippen molar-refractivity contribution in [3.63, 3.8) is 0 Å². The van der Waals surface area contributed by atoms with Gasteiger partial charge in [-0.3, -0.25) is 4.79 Å². The molecule has 0 unspecified atom stereocenters. The molecule has 0 fully saturated rings. The molecule has 0 atom stereocenters. The highest BCUT2D eigenvalue weighted by atomic mass is 16.2. The van der Waals surface area contributed by atoms with Gasteiger partial charge in [0.05, 0.1) is 11.9 Å². The van der Waals surface area contributed by atoms with E-state index < -0.39 is 0 Å². The molecule has 0 radical (unpaired) electrons. The van der Waals surface area contributed by atoms with Crippen LogP contribution in [0.4, 0.5) is 11.4 Å². The van der Waals surface area contributed by atoms with Crippen molar-refractivity contribution in [2.24, 2.45) is 10.2 Å². The molecule has 3 rings (SSSR count). The van der Waals surface area contributed by atoms with Gasteiger partial charge in [-0.1, -0.05) is 36.4 Å². The summed E-state index contributed by atoms with van der Waals surface area (Å²) >= 11 is 0. The standard InChI is InChI=1S/C20H20N4O/c1-4-13-24-18-8-6-5-7-17(18)19(20(24)25)22-21-14-15-9-11-16(12-10-15)23(2)3/h4-12,14H,1,13H2,2-3H3/b21-14-,22-19-. The minimum Gasteiger partial charge on any atom is -0.378 e. The summed E-state index contributed by atoms with van der Waals surface area (Å²) < 4.78 is 0. The predicted octanol–water partition coefficient (Wildman–Crippen LogP) is 3.11. The van der Waals surface area contributed by atoms with E-state index in [4.69, 9.17) is 0 Å². The third kappa shape index (κ3) is 3.35. The largest absolute Gasteiger partial charge is 0.378 e. The molecule has 1 aliphatic heterocycles. The van der Waals surface area contributed by atoms with Crippen molar-refractivity contribution >= 4 is 29.2 Å². The molecule has 2 aromatic carbocycles. The van der Waals surface area contributed by atoms with Crippen molar-refractivity contribution in [3.8, 4) is 0 Å². The Balaban J connectivity index is 1.85. The van der Waals surface area contributed by atoms with Crippen LogP contribution in [0.5, 0.6) is 0 Å². The lowest BCUT2D eigenvalue weighted by Crippen LogP contribution is -2.30. The van der Waals surface area contributed by atoms with Crippen LogP contribution in [-0.2, 0) is 4.79 Å². The Morgan fingerprint density at radius 3 is 2.52 bits per heavy atom. The molecule has 5 nitrogen and oxygen atoms in total. The number of fused-ring (bicyclic) bond motifs is 1. The van der Waals surface area contributed by atoms with Gasteiger partial charge < -0.3 is 9.80 Å². The van der Waals surface area contributed by atoms with Crippen LogP contribution >= 0.6 is 0 Å². The van der Waals surface area contributed by atoms with Gasteiger partial charge in [0.1, 0.15) is 0 Å². The molecule has 0 aromatic heterocycles. The molecular weight excluding hydrogens is 312 g/mol. The molecule has 0 bridgehead atoms. The fraction of sp³-hybridized carbons (Fsp3) is 0.150. The van der Waals surface area contributed by atoms with E-state index in [1.54, 1.807) is 17.2 Å². The van der Waals surface area contributed by atoms with Crippen LogP contribution in [0.15, 0.2) is 71.4 Å². The number of benzene rings is 2. The first kappa shape index (κ1) is 16.6. The van der Waals surface area contributed by atoms with Crippen LogP contribution < -0.4 is 9.80 Å². The highest BCUT2D eigenvalue weighted by Crippen LogP contribution is 2.28. The summed E-state index contributed by atoms with van der Waals surface area (Å²) in [7, 11) is 3.99. The number of hydrogen-bond donors (Lipinski definition) is 0. The van der Waals surface area contributed by atoms with Gasteiger partial charge in [-0.25, -0.2) is 0 Å². The predicted molar refractivity (Wildman–Crippen MR) is 104 cm³/mol. The lowest BCUT2D eigenvalue weighted by molar-refractivity contribution is -0.112. The molecule has 5 heteroatoms. The van der Waals surface area contributed by atoms with Crippen molar-refractivity contribution < 1.29 is 4.79 Å². The summed E-state index contributed by atoms with van der Waals surface area (Å²) in [6.45, 7) is 4.16. The van der Waals surface area contributed by atoms with Gasteiger partial charge in [0.2, 0.25) is 0 Å². The molecule has 1 amide bonds. The second kappa shape index (κ2) is 7.13. The molecule has 1 heterocycles. The number of hydrogen-bond acceptors (Lipinski definition) is 4. The van der Waals surface area contributed by atoms with Gasteiger partial charge in [0, 0.05) is 31.9 Å². The van der Waals surface area contributed by atoms with E-state index in [0.29, 0.717) is 12.3 Å². The van der Waals surface area contributed by atoms with Crippen molar-refractivity contribution in [3.05, 3.63) is 72.3 Å². The molecule has 0 saturated carbocycles. The van der Waals surface area contributed by atoms with Gasteiger partial charge in [-0.2, -0.15) is 5.10 Å². The Kier molecular flexibility index (Phi) is 4.75. The van der Waals surface area contributed by atoms with Gasteiger partial charge in [-0.05, 0) is 23.8 Å². The van der Waals surface area contributed by atoms with Crippen LogP contribution in [0.1, 0.15) is 11.1 Å². The molecular formula is C20H20N4O. The highest BCUT2D eigenvalue weighted by molar-refractivity contribution is 6.54. The summed E-state index contributed by atoms with van der Waals surface area (Å²) in [5.41, 5.74) is 4.05. The maximum atomic E-state index is 12.6. The topological polar surface area (TPSA) is 48.3 Å². The SMILES string of the molecule is C=CCN1C(=O)/C(=N\N=C/c2ccc(N(C)C)cc2)c2ccccc21. The minimum absolute atomic E-state index is 0.152. The number of nitrogens with zero attached hydrogens (tertiary/aromatic N) is 4. The molecule has 0 spiro atoms. The zero-order valence-electron chi connectivity index (χ0n) is 14.4. The van der Waals surface area contributed by atoms with Crippen molar-refractivity contribution in [1.82, 2.24) is 0 Å². The molecule has 126 valence electrons. The Labute approximate surface area is 147 Å². The molecule has 25 heavy (non-hydrogen) atoms. The van der Waals surface area contributed by atoms with E-state index >= 15 is 0 Å². The Morgan fingerprint density at radius 2 is 1.84 bits per heavy atom. The maximum absolute atomic E-state index is 12.6. The van der Waals surface area contributed by atoms with E-state index in [2.05, 4.69) is 16.8 Å². The second-order valence-corrected chi connectivity index (χ2v) is 5.90. The lowest BCUT2D eigenvalue weighted by atomic mass is 10.1. The Bertz CT molecular complexity index is 850. The molecule has 0 N–H and O–H groups in total. The molecule has 2 aromatic rings. The summed E-state index contributed by atoms with van der Waals surface area (Å²) in [5, 5.41) is 8.30. The third-order valence-corrected chi connectivity index (χ3v) is 3.98. The maximum Gasteiger partial charge on any atom is 0.279 e. The van der Waals surface area contributed by atoms with Crippen molar-refractivity contribution in [2.45, 2.75) is 0 Å². The molecule has 0 aliphatic carbocycles. The monoisotopic (exact) mass is 332 g/mol. The Hall–Kier alpha value is -3.21. The third-order valence-electron chi connectivity index (χ3n) is 3.98. The highest BCUT2D eigenvalue weighted by Gasteiger charge is 2.32. The number of carbonyl (C=O) groups is 1. The number of anilines is 2. The van der Waals surface area contributed by atoms with Gasteiger partial charge >= 0.3 is 0 Å². The van der Waals surface area contributed by atoms with Gasteiger partial charge in [0.15, 0.2) is 5.71 Å². The lowest BCUT2D eigenvalue weighted by Gasteiger charge is -2.13. The van der Waals surface area contributed by atoms with Crippen LogP contribution in [0, 0.1) is 0 Å². The fourth-order valence-electron chi connectivity index (χ4n) is 2.68. The number of carbonyl (C=O) groups excluding carboxylic acids is 1. The normalized spacial score (nSPS) is 15.0. The molecule has 0 saturated heterocycles. The second-order valence-electron chi connectivity index (χ2n) is 5.90. The van der Waals surface area contributed by atoms with E-state index in [-0.39, 0.29) is 5.91 Å². The first-order valence-electron chi connectivity index (χ1n) is 8.02. The number of rotatable bonds is 5. The van der Waals surface area contributed by atoms with Crippen LogP contribution in [0.3, 0.4) is 0 Å². The van der Waals surface area contributed by atoms with Crippen LogP contribution in [0.25, 0.3) is 0 Å². The van der Waals surface area contributed by atoms with E-state index in [9.17, 15) is 4.79 Å². The zero-order chi connectivity index (χ0) is 17.8.